The van der Waals surface area contributed by atoms with E-state index in [-0.39, 0.29) is 18.5 Å². The Morgan fingerprint density at radius 1 is 1.17 bits per heavy atom. The molecule has 3 rings (SSSR count). The van der Waals surface area contributed by atoms with Gasteiger partial charge in [-0.25, -0.2) is 4.79 Å². The number of fused-ring (bicyclic) bond motifs is 1. The molecule has 1 aliphatic rings. The minimum absolute atomic E-state index is 0.00587. The van der Waals surface area contributed by atoms with Crippen molar-refractivity contribution in [2.75, 3.05) is 13.1 Å². The maximum absolute atomic E-state index is 12.2. The molecule has 0 saturated carbocycles. The zero-order valence-electron chi connectivity index (χ0n) is 13.0. The van der Waals surface area contributed by atoms with Crippen molar-refractivity contribution in [2.24, 2.45) is 0 Å². The number of carbonyl (C=O) groups excluding carboxylic acids is 2. The van der Waals surface area contributed by atoms with Crippen molar-refractivity contribution < 1.29 is 9.59 Å². The maximum Gasteiger partial charge on any atom is 0.315 e. The number of amides is 3. The highest BCUT2D eigenvalue weighted by Crippen LogP contribution is 2.23. The van der Waals surface area contributed by atoms with Crippen LogP contribution in [0.2, 0.25) is 5.02 Å². The third-order valence-corrected chi connectivity index (χ3v) is 5.20. The summed E-state index contributed by atoms with van der Waals surface area (Å²) in [5.41, 5.74) is 2.16. The predicted molar refractivity (Wildman–Crippen MR) is 95.1 cm³/mol. The lowest BCUT2D eigenvalue weighted by Gasteiger charge is -2.27. The molecule has 0 atom stereocenters. The average molecular weight is 364 g/mol. The van der Waals surface area contributed by atoms with Gasteiger partial charge in [-0.2, -0.15) is 0 Å². The van der Waals surface area contributed by atoms with E-state index < -0.39 is 0 Å². The standard InChI is InChI=1S/C17H18ClN3O2S/c18-14-3-1-12(2-4-14)9-19-17(23)20-10-16(22)21-7-5-15-13(11-21)6-8-24-15/h1-4,6,8H,5,7,9-11H2,(H2,19,20,23). The zero-order valence-corrected chi connectivity index (χ0v) is 14.6. The quantitative estimate of drug-likeness (QED) is 0.877. The highest BCUT2D eigenvalue weighted by Gasteiger charge is 2.21. The third kappa shape index (κ3) is 4.27. The molecule has 1 aromatic heterocycles. The first-order chi connectivity index (χ1) is 11.6. The number of rotatable bonds is 4. The molecule has 2 heterocycles. The molecule has 2 aromatic rings. The van der Waals surface area contributed by atoms with Crippen molar-refractivity contribution in [1.29, 1.82) is 0 Å². The summed E-state index contributed by atoms with van der Waals surface area (Å²) in [6.07, 6.45) is 0.890. The van der Waals surface area contributed by atoms with Crippen molar-refractivity contribution in [3.63, 3.8) is 0 Å². The van der Waals surface area contributed by atoms with Crippen LogP contribution in [-0.4, -0.2) is 29.9 Å². The smallest absolute Gasteiger partial charge is 0.315 e. The molecular formula is C17H18ClN3O2S. The van der Waals surface area contributed by atoms with Crippen molar-refractivity contribution >= 4 is 34.9 Å². The van der Waals surface area contributed by atoms with Gasteiger partial charge in [-0.15, -0.1) is 11.3 Å². The number of halogens is 1. The summed E-state index contributed by atoms with van der Waals surface area (Å²) < 4.78 is 0. The number of nitrogens with zero attached hydrogens (tertiary/aromatic N) is 1. The number of hydrogen-bond acceptors (Lipinski definition) is 3. The summed E-state index contributed by atoms with van der Waals surface area (Å²) in [6.45, 7) is 1.73. The number of thiophene rings is 1. The van der Waals surface area contributed by atoms with Gasteiger partial charge in [-0.1, -0.05) is 23.7 Å². The molecule has 24 heavy (non-hydrogen) atoms. The van der Waals surface area contributed by atoms with E-state index in [2.05, 4.69) is 22.1 Å². The second-order valence-corrected chi connectivity index (χ2v) is 7.03. The Morgan fingerprint density at radius 3 is 2.75 bits per heavy atom. The molecule has 126 valence electrons. The van der Waals surface area contributed by atoms with Gasteiger partial charge in [0.05, 0.1) is 6.54 Å². The lowest BCUT2D eigenvalue weighted by Crippen LogP contribution is -2.44. The van der Waals surface area contributed by atoms with Crippen LogP contribution < -0.4 is 10.6 Å². The van der Waals surface area contributed by atoms with E-state index in [1.807, 2.05) is 12.1 Å². The minimum Gasteiger partial charge on any atom is -0.336 e. The normalized spacial score (nSPS) is 13.3. The molecule has 0 unspecified atom stereocenters. The largest absolute Gasteiger partial charge is 0.336 e. The Morgan fingerprint density at radius 2 is 1.96 bits per heavy atom. The number of urea groups is 1. The first kappa shape index (κ1) is 16.8. The van der Waals surface area contributed by atoms with E-state index in [1.54, 1.807) is 28.4 Å². The molecule has 0 radical (unpaired) electrons. The van der Waals surface area contributed by atoms with Crippen molar-refractivity contribution in [3.05, 3.63) is 56.7 Å². The van der Waals surface area contributed by atoms with Gasteiger partial charge in [-0.3, -0.25) is 4.79 Å². The Bertz CT molecular complexity index is 730. The van der Waals surface area contributed by atoms with Gasteiger partial charge in [0, 0.05) is 29.5 Å². The highest BCUT2D eigenvalue weighted by atomic mass is 35.5. The lowest BCUT2D eigenvalue weighted by atomic mass is 10.1. The van der Waals surface area contributed by atoms with Crippen LogP contribution in [0, 0.1) is 0 Å². The molecule has 0 aliphatic carbocycles. The van der Waals surface area contributed by atoms with E-state index in [0.29, 0.717) is 24.7 Å². The predicted octanol–water partition coefficient (Wildman–Crippen LogP) is 2.79. The van der Waals surface area contributed by atoms with Gasteiger partial charge in [0.15, 0.2) is 0 Å². The van der Waals surface area contributed by atoms with Gasteiger partial charge in [-0.05, 0) is 41.1 Å². The summed E-state index contributed by atoms with van der Waals surface area (Å²) in [6, 6.07) is 8.95. The van der Waals surface area contributed by atoms with Crippen LogP contribution in [0.4, 0.5) is 4.79 Å². The number of nitrogens with one attached hydrogen (secondary N) is 2. The van der Waals surface area contributed by atoms with Gasteiger partial charge in [0.1, 0.15) is 0 Å². The summed E-state index contributed by atoms with van der Waals surface area (Å²) in [5.74, 6) is -0.0616. The monoisotopic (exact) mass is 363 g/mol. The van der Waals surface area contributed by atoms with Crippen LogP contribution in [-0.2, 0) is 24.3 Å². The van der Waals surface area contributed by atoms with E-state index >= 15 is 0 Å². The molecule has 3 amide bonds. The van der Waals surface area contributed by atoms with Crippen LogP contribution in [0.1, 0.15) is 16.0 Å². The van der Waals surface area contributed by atoms with Crippen LogP contribution in [0.5, 0.6) is 0 Å². The minimum atomic E-state index is -0.355. The molecule has 1 aliphatic heterocycles. The summed E-state index contributed by atoms with van der Waals surface area (Å²) in [5, 5.41) is 8.05. The van der Waals surface area contributed by atoms with Crippen LogP contribution >= 0.6 is 22.9 Å². The molecule has 5 nitrogen and oxygen atoms in total. The Balaban J connectivity index is 1.41. The second kappa shape index (κ2) is 7.68. The second-order valence-electron chi connectivity index (χ2n) is 5.60. The van der Waals surface area contributed by atoms with Gasteiger partial charge >= 0.3 is 6.03 Å². The highest BCUT2D eigenvalue weighted by molar-refractivity contribution is 7.10. The topological polar surface area (TPSA) is 61.4 Å². The zero-order chi connectivity index (χ0) is 16.9. The maximum atomic E-state index is 12.2. The van der Waals surface area contributed by atoms with Crippen molar-refractivity contribution in [3.8, 4) is 0 Å². The number of carbonyl (C=O) groups is 2. The van der Waals surface area contributed by atoms with E-state index in [1.165, 1.54) is 10.4 Å². The van der Waals surface area contributed by atoms with Crippen LogP contribution in [0.15, 0.2) is 35.7 Å². The summed E-state index contributed by atoms with van der Waals surface area (Å²) in [4.78, 5) is 27.2. The first-order valence-electron chi connectivity index (χ1n) is 7.71. The Labute approximate surface area is 149 Å². The fourth-order valence-electron chi connectivity index (χ4n) is 2.58. The average Bonchev–Trinajstić information content (AvgIpc) is 3.06. The molecule has 0 fully saturated rings. The Kier molecular flexibility index (Phi) is 5.37. The van der Waals surface area contributed by atoms with E-state index in [4.69, 9.17) is 11.6 Å². The lowest BCUT2D eigenvalue weighted by molar-refractivity contribution is -0.130. The van der Waals surface area contributed by atoms with Gasteiger partial charge in [0.2, 0.25) is 5.91 Å². The molecule has 0 bridgehead atoms. The van der Waals surface area contributed by atoms with Crippen molar-refractivity contribution in [2.45, 2.75) is 19.5 Å². The fraction of sp³-hybridized carbons (Fsp3) is 0.294. The van der Waals surface area contributed by atoms with E-state index in [0.717, 1.165) is 12.0 Å². The summed E-state index contributed by atoms with van der Waals surface area (Å²) >= 11 is 7.55. The van der Waals surface area contributed by atoms with Crippen LogP contribution in [0.3, 0.4) is 0 Å². The van der Waals surface area contributed by atoms with Crippen molar-refractivity contribution in [1.82, 2.24) is 15.5 Å². The third-order valence-electron chi connectivity index (χ3n) is 3.93. The van der Waals surface area contributed by atoms with E-state index in [9.17, 15) is 9.59 Å². The molecule has 0 saturated heterocycles. The first-order valence-corrected chi connectivity index (χ1v) is 8.97. The molecule has 2 N–H and O–H groups in total. The Hall–Kier alpha value is -2.05. The van der Waals surface area contributed by atoms with Gasteiger partial charge < -0.3 is 15.5 Å². The molecule has 0 spiro atoms. The SMILES string of the molecule is O=C(NCC(=O)N1CCc2sccc2C1)NCc1ccc(Cl)cc1. The number of benzene rings is 1. The molecule has 7 heteroatoms. The molecule has 1 aromatic carbocycles. The summed E-state index contributed by atoms with van der Waals surface area (Å²) in [7, 11) is 0. The number of hydrogen-bond donors (Lipinski definition) is 2. The van der Waals surface area contributed by atoms with Gasteiger partial charge in [0.25, 0.3) is 0 Å². The van der Waals surface area contributed by atoms with Crippen LogP contribution in [0.25, 0.3) is 0 Å². The molecular weight excluding hydrogens is 346 g/mol. The fourth-order valence-corrected chi connectivity index (χ4v) is 3.59.